The summed E-state index contributed by atoms with van der Waals surface area (Å²) in [5, 5.41) is 12.8. The molecular weight excluding hydrogens is 516 g/mol. The van der Waals surface area contributed by atoms with Crippen molar-refractivity contribution in [3.05, 3.63) is 72.1 Å². The average molecular weight is 559 g/mol. The molecule has 3 aromatic rings. The zero-order valence-electron chi connectivity index (χ0n) is 24.5. The predicted molar refractivity (Wildman–Crippen MR) is 163 cm³/mol. The lowest BCUT2D eigenvalue weighted by Crippen LogP contribution is -2.50. The Balaban J connectivity index is 1.58. The van der Waals surface area contributed by atoms with Crippen molar-refractivity contribution in [1.82, 2.24) is 30.4 Å². The predicted octanol–water partition coefficient (Wildman–Crippen LogP) is 3.88. The maximum Gasteiger partial charge on any atom is 0.242 e. The molecule has 10 nitrogen and oxygen atoms in total. The first-order valence-electron chi connectivity index (χ1n) is 14.3. The van der Waals surface area contributed by atoms with Gasteiger partial charge in [-0.1, -0.05) is 45.0 Å². The number of fused-ring (bicyclic) bond motifs is 6. The van der Waals surface area contributed by atoms with Crippen LogP contribution in [0.15, 0.2) is 60.9 Å². The van der Waals surface area contributed by atoms with Gasteiger partial charge in [-0.25, -0.2) is 9.97 Å². The van der Waals surface area contributed by atoms with Gasteiger partial charge >= 0.3 is 0 Å². The zero-order valence-corrected chi connectivity index (χ0v) is 24.5. The van der Waals surface area contributed by atoms with Gasteiger partial charge in [0.25, 0.3) is 0 Å². The Bertz CT molecular complexity index is 1310. The van der Waals surface area contributed by atoms with E-state index in [9.17, 15) is 9.59 Å². The van der Waals surface area contributed by atoms with Gasteiger partial charge in [-0.2, -0.15) is 0 Å². The molecule has 4 rings (SSSR count). The molecule has 6 bridgehead atoms. The topological polar surface area (TPSA) is 115 Å². The Kier molecular flexibility index (Phi) is 10.6. The lowest BCUT2D eigenvalue weighted by molar-refractivity contribution is -0.129. The third-order valence-electron chi connectivity index (χ3n) is 6.87. The number of aromatic nitrogens is 2. The van der Waals surface area contributed by atoms with Crippen LogP contribution in [-0.4, -0.2) is 70.9 Å². The summed E-state index contributed by atoms with van der Waals surface area (Å²) in [5.41, 5.74) is 4.02. The van der Waals surface area contributed by atoms with E-state index >= 15 is 0 Å². The second kappa shape index (κ2) is 14.6. The van der Waals surface area contributed by atoms with Crippen LogP contribution < -0.4 is 21.3 Å². The number of likely N-dealkylation sites (N-methyl/N-ethyl adjacent to an activating group) is 2. The van der Waals surface area contributed by atoms with E-state index in [4.69, 9.17) is 0 Å². The minimum Gasteiger partial charge on any atom is -0.353 e. The van der Waals surface area contributed by atoms with Crippen molar-refractivity contribution in [3.8, 4) is 0 Å². The summed E-state index contributed by atoms with van der Waals surface area (Å²) in [6.45, 7) is 9.76. The summed E-state index contributed by atoms with van der Waals surface area (Å²) >= 11 is 0. The fraction of sp³-hybridized carbons (Fsp3) is 0.419. The van der Waals surface area contributed by atoms with Crippen LogP contribution in [0.5, 0.6) is 0 Å². The molecule has 4 N–H and O–H groups in total. The summed E-state index contributed by atoms with van der Waals surface area (Å²) in [7, 11) is 1.90. The minimum absolute atomic E-state index is 0.142. The van der Waals surface area contributed by atoms with Crippen LogP contribution in [-0.2, 0) is 22.7 Å². The van der Waals surface area contributed by atoms with Crippen molar-refractivity contribution in [3.63, 3.8) is 0 Å². The minimum atomic E-state index is -0.570. The van der Waals surface area contributed by atoms with Gasteiger partial charge in [0.05, 0.1) is 6.54 Å². The fourth-order valence-corrected chi connectivity index (χ4v) is 4.91. The number of benzene rings is 2. The first-order valence-corrected chi connectivity index (χ1v) is 14.3. The van der Waals surface area contributed by atoms with E-state index < -0.39 is 6.04 Å². The molecule has 0 aliphatic carbocycles. The highest BCUT2D eigenvalue weighted by Crippen LogP contribution is 2.21. The van der Waals surface area contributed by atoms with Crippen molar-refractivity contribution in [2.24, 2.45) is 5.92 Å². The Morgan fingerprint density at radius 3 is 2.15 bits per heavy atom. The first-order chi connectivity index (χ1) is 19.8. The molecule has 0 spiro atoms. The van der Waals surface area contributed by atoms with Crippen molar-refractivity contribution >= 4 is 34.8 Å². The summed E-state index contributed by atoms with van der Waals surface area (Å²) in [6, 6.07) is 17.6. The molecule has 2 aromatic carbocycles. The van der Waals surface area contributed by atoms with Gasteiger partial charge in [0, 0.05) is 43.6 Å². The van der Waals surface area contributed by atoms with E-state index in [-0.39, 0.29) is 24.3 Å². The van der Waals surface area contributed by atoms with E-state index in [1.165, 1.54) is 6.33 Å². The van der Waals surface area contributed by atoms with Crippen molar-refractivity contribution in [2.75, 3.05) is 43.9 Å². The maximum absolute atomic E-state index is 13.1. The molecule has 2 amide bonds. The highest BCUT2D eigenvalue weighted by atomic mass is 16.2. The molecule has 0 saturated carbocycles. The number of nitrogens with one attached hydrogen (secondary N) is 4. The number of amides is 2. The Morgan fingerprint density at radius 2 is 1.54 bits per heavy atom. The molecule has 0 radical (unpaired) electrons. The third-order valence-corrected chi connectivity index (χ3v) is 6.87. The van der Waals surface area contributed by atoms with Crippen molar-refractivity contribution in [2.45, 2.75) is 46.3 Å². The Morgan fingerprint density at radius 1 is 0.902 bits per heavy atom. The van der Waals surface area contributed by atoms with Crippen LogP contribution in [0.4, 0.5) is 23.0 Å². The number of hydrogen-bond acceptors (Lipinski definition) is 8. The smallest absolute Gasteiger partial charge is 0.242 e. The number of anilines is 4. The molecule has 0 fully saturated rings. The average Bonchev–Trinajstić information content (AvgIpc) is 2.92. The molecule has 1 aromatic heterocycles. The van der Waals surface area contributed by atoms with E-state index in [1.54, 1.807) is 0 Å². The van der Waals surface area contributed by atoms with Gasteiger partial charge in [0.15, 0.2) is 0 Å². The van der Waals surface area contributed by atoms with Crippen molar-refractivity contribution in [1.29, 1.82) is 0 Å². The van der Waals surface area contributed by atoms with E-state index in [0.29, 0.717) is 37.7 Å². The molecule has 0 saturated heterocycles. The lowest BCUT2D eigenvalue weighted by atomic mass is 10.0. The molecule has 2 heterocycles. The molecule has 10 heteroatoms. The zero-order chi connectivity index (χ0) is 29.2. The van der Waals surface area contributed by atoms with Gasteiger partial charge in [-0.05, 0) is 61.3 Å². The van der Waals surface area contributed by atoms with Gasteiger partial charge in [-0.15, -0.1) is 0 Å². The Labute approximate surface area is 242 Å². The van der Waals surface area contributed by atoms with Crippen LogP contribution in [0.3, 0.4) is 0 Å². The van der Waals surface area contributed by atoms with Crippen LogP contribution in [0.2, 0.25) is 0 Å². The molecule has 218 valence electrons. The number of carbonyl (C=O) groups is 2. The molecular formula is C31H42N8O2. The number of nitrogens with zero attached hydrogens (tertiary/aromatic N) is 4. The number of rotatable bonds is 3. The van der Waals surface area contributed by atoms with Crippen LogP contribution in [0, 0.1) is 5.92 Å². The quantitative estimate of drug-likeness (QED) is 0.383. The second-order valence-corrected chi connectivity index (χ2v) is 11.0. The van der Waals surface area contributed by atoms with Crippen LogP contribution in [0.25, 0.3) is 0 Å². The highest BCUT2D eigenvalue weighted by Gasteiger charge is 2.22. The molecule has 1 aliphatic rings. The SMILES string of the molecule is CCN1CCNC(=O)C(CC(C)C)NC(=O)CN(C)Cc2cccc(c2)Nc2cc(ncn2)Nc2cccc(c2)C1. The number of carbonyl (C=O) groups excluding carboxylic acids is 2. The maximum atomic E-state index is 13.1. The van der Waals surface area contributed by atoms with E-state index in [1.807, 2.05) is 54.4 Å². The normalized spacial score (nSPS) is 18.1. The third kappa shape index (κ3) is 9.54. The standard InChI is InChI=1S/C31H42N8O2/c1-5-39-13-12-32-31(41)27(14-22(2)3)37-30(40)20-38(4)18-23-8-6-10-25(15-23)35-28-17-29(34-21-33-28)36-26-11-7-9-24(16-26)19-39/h6-11,15-17,21-22,27H,5,12-14,18-20H2,1-4H3,(H,32,41)(H,37,40)(H2,33,34,35,36). The Hall–Kier alpha value is -4.02. The summed E-state index contributed by atoms with van der Waals surface area (Å²) < 4.78 is 0. The molecule has 1 unspecified atom stereocenters. The summed E-state index contributed by atoms with van der Waals surface area (Å²) in [6.07, 6.45) is 2.11. The van der Waals surface area contributed by atoms with E-state index in [2.05, 4.69) is 69.0 Å². The monoisotopic (exact) mass is 558 g/mol. The summed E-state index contributed by atoms with van der Waals surface area (Å²) in [5.74, 6) is 1.31. The molecule has 41 heavy (non-hydrogen) atoms. The van der Waals surface area contributed by atoms with Crippen molar-refractivity contribution < 1.29 is 9.59 Å². The summed E-state index contributed by atoms with van der Waals surface area (Å²) in [4.78, 5) is 39.0. The lowest BCUT2D eigenvalue weighted by Gasteiger charge is -2.24. The largest absolute Gasteiger partial charge is 0.353 e. The first kappa shape index (κ1) is 30.0. The van der Waals surface area contributed by atoms with Crippen LogP contribution >= 0.6 is 0 Å². The highest BCUT2D eigenvalue weighted by molar-refractivity contribution is 5.88. The van der Waals surface area contributed by atoms with Gasteiger partial charge < -0.3 is 21.3 Å². The van der Waals surface area contributed by atoms with Gasteiger partial charge in [0.1, 0.15) is 24.0 Å². The van der Waals surface area contributed by atoms with Gasteiger partial charge in [0.2, 0.25) is 11.8 Å². The van der Waals surface area contributed by atoms with E-state index in [0.717, 1.165) is 35.6 Å². The molecule has 1 atom stereocenters. The molecule has 1 aliphatic heterocycles. The second-order valence-electron chi connectivity index (χ2n) is 11.0. The fourth-order valence-electron chi connectivity index (χ4n) is 4.91. The number of hydrogen-bond donors (Lipinski definition) is 4. The van der Waals surface area contributed by atoms with Gasteiger partial charge in [-0.3, -0.25) is 19.4 Å². The van der Waals surface area contributed by atoms with Crippen LogP contribution in [0.1, 0.15) is 38.3 Å².